The first-order chi connectivity index (χ1) is 15.4. The fourth-order valence-electron chi connectivity index (χ4n) is 7.26. The summed E-state index contributed by atoms with van der Waals surface area (Å²) in [5.41, 5.74) is 1.39. The summed E-state index contributed by atoms with van der Waals surface area (Å²) in [5, 5.41) is 3.69. The Morgan fingerprint density at radius 2 is 1.66 bits per heavy atom. The maximum atomic E-state index is 12.7. The Hall–Kier alpha value is -1.11. The Labute approximate surface area is 204 Å². The average molecular weight is 523 g/mol. The van der Waals surface area contributed by atoms with Crippen LogP contribution >= 0.6 is 27.5 Å². The second kappa shape index (κ2) is 9.27. The zero-order valence-electron chi connectivity index (χ0n) is 18.6. The Morgan fingerprint density at radius 3 is 2.28 bits per heavy atom. The molecule has 1 aromatic carbocycles. The SMILES string of the molecule is O=C(CC12CC3CC(CC(C3)C1)C2)NCC(=O)N1CCN(Cc2cc(Cl)ccc2Br)CC1. The third kappa shape index (κ3) is 5.02. The third-order valence-corrected chi connectivity index (χ3v) is 9.27. The molecular weight excluding hydrogens is 490 g/mol. The number of halogens is 2. The molecule has 0 aromatic heterocycles. The lowest BCUT2D eigenvalue weighted by Crippen LogP contribution is -2.51. The van der Waals surface area contributed by atoms with Crippen LogP contribution in [0.25, 0.3) is 0 Å². The molecule has 2 amide bonds. The monoisotopic (exact) mass is 521 g/mol. The summed E-state index contributed by atoms with van der Waals surface area (Å²) in [5.74, 6) is 2.65. The molecule has 174 valence electrons. The van der Waals surface area contributed by atoms with E-state index in [2.05, 4.69) is 26.1 Å². The second-order valence-electron chi connectivity index (χ2n) is 10.8. The first-order valence-corrected chi connectivity index (χ1v) is 13.3. The minimum absolute atomic E-state index is 0.0347. The van der Waals surface area contributed by atoms with Crippen LogP contribution in [0.1, 0.15) is 50.5 Å². The Morgan fingerprint density at radius 1 is 1.03 bits per heavy atom. The number of rotatable bonds is 6. The Balaban J connectivity index is 1.06. The van der Waals surface area contributed by atoms with Crippen molar-refractivity contribution in [1.82, 2.24) is 15.1 Å². The van der Waals surface area contributed by atoms with Crippen LogP contribution < -0.4 is 5.32 Å². The molecule has 4 aliphatic carbocycles. The number of benzene rings is 1. The van der Waals surface area contributed by atoms with Crippen molar-refractivity contribution in [2.75, 3.05) is 32.7 Å². The van der Waals surface area contributed by atoms with Crippen molar-refractivity contribution < 1.29 is 9.59 Å². The summed E-state index contributed by atoms with van der Waals surface area (Å²) in [6, 6.07) is 5.84. The van der Waals surface area contributed by atoms with E-state index >= 15 is 0 Å². The van der Waals surface area contributed by atoms with Crippen LogP contribution in [0.4, 0.5) is 0 Å². The van der Waals surface area contributed by atoms with Gasteiger partial charge in [0.25, 0.3) is 0 Å². The maximum Gasteiger partial charge on any atom is 0.242 e. The highest BCUT2D eigenvalue weighted by atomic mass is 79.9. The van der Waals surface area contributed by atoms with Crippen molar-refractivity contribution in [2.45, 2.75) is 51.5 Å². The Kier molecular flexibility index (Phi) is 6.56. The van der Waals surface area contributed by atoms with Crippen LogP contribution in [0, 0.1) is 23.2 Å². The first-order valence-electron chi connectivity index (χ1n) is 12.1. The molecule has 4 saturated carbocycles. The van der Waals surface area contributed by atoms with Gasteiger partial charge in [-0.1, -0.05) is 27.5 Å². The van der Waals surface area contributed by atoms with Gasteiger partial charge < -0.3 is 10.2 Å². The highest BCUT2D eigenvalue weighted by Gasteiger charge is 2.51. The van der Waals surface area contributed by atoms with E-state index in [9.17, 15) is 9.59 Å². The van der Waals surface area contributed by atoms with Crippen LogP contribution in [0.2, 0.25) is 5.02 Å². The van der Waals surface area contributed by atoms with Gasteiger partial charge in [-0.15, -0.1) is 0 Å². The van der Waals surface area contributed by atoms with E-state index in [0.29, 0.717) is 19.5 Å². The molecule has 0 spiro atoms. The van der Waals surface area contributed by atoms with E-state index in [0.717, 1.165) is 52.4 Å². The van der Waals surface area contributed by atoms with Crippen molar-refractivity contribution in [3.8, 4) is 0 Å². The summed E-state index contributed by atoms with van der Waals surface area (Å²) in [6.45, 7) is 3.98. The van der Waals surface area contributed by atoms with Crippen molar-refractivity contribution in [1.29, 1.82) is 0 Å². The minimum Gasteiger partial charge on any atom is -0.347 e. The van der Waals surface area contributed by atoms with E-state index in [1.165, 1.54) is 38.5 Å². The van der Waals surface area contributed by atoms with Gasteiger partial charge in [-0.3, -0.25) is 14.5 Å². The minimum atomic E-state index is 0.0347. The number of nitrogens with zero attached hydrogens (tertiary/aromatic N) is 2. The molecule has 0 atom stereocenters. The van der Waals surface area contributed by atoms with Gasteiger partial charge in [0.1, 0.15) is 0 Å². The van der Waals surface area contributed by atoms with Crippen molar-refractivity contribution in [2.24, 2.45) is 23.2 Å². The zero-order valence-corrected chi connectivity index (χ0v) is 21.0. The molecule has 1 saturated heterocycles. The normalized spacial score (nSPS) is 31.7. The molecule has 5 aliphatic rings. The van der Waals surface area contributed by atoms with Gasteiger partial charge in [0.05, 0.1) is 6.54 Å². The molecule has 5 nitrogen and oxygen atoms in total. The largest absolute Gasteiger partial charge is 0.347 e. The van der Waals surface area contributed by atoms with Crippen LogP contribution in [0.15, 0.2) is 22.7 Å². The second-order valence-corrected chi connectivity index (χ2v) is 12.1. The summed E-state index contributed by atoms with van der Waals surface area (Å²) in [7, 11) is 0. The summed E-state index contributed by atoms with van der Waals surface area (Å²) >= 11 is 9.72. The quantitative estimate of drug-likeness (QED) is 0.600. The molecule has 0 unspecified atom stereocenters. The lowest BCUT2D eigenvalue weighted by molar-refractivity contribution is -0.136. The van der Waals surface area contributed by atoms with Crippen molar-refractivity contribution >= 4 is 39.3 Å². The number of carbonyl (C=O) groups excluding carboxylic acids is 2. The molecule has 32 heavy (non-hydrogen) atoms. The fourth-order valence-corrected chi connectivity index (χ4v) is 7.82. The number of hydrogen-bond donors (Lipinski definition) is 1. The van der Waals surface area contributed by atoms with Gasteiger partial charge in [-0.25, -0.2) is 0 Å². The predicted molar refractivity (Wildman–Crippen MR) is 129 cm³/mol. The van der Waals surface area contributed by atoms with Gasteiger partial charge in [0, 0.05) is 48.6 Å². The zero-order chi connectivity index (χ0) is 22.3. The Bertz CT molecular complexity index is 849. The van der Waals surface area contributed by atoms with E-state index in [1.807, 2.05) is 23.1 Å². The fraction of sp³-hybridized carbons (Fsp3) is 0.680. The molecule has 1 N–H and O–H groups in total. The van der Waals surface area contributed by atoms with Gasteiger partial charge in [-0.05, 0) is 85.5 Å². The topological polar surface area (TPSA) is 52.7 Å². The molecule has 1 heterocycles. The summed E-state index contributed by atoms with van der Waals surface area (Å²) < 4.78 is 1.06. The van der Waals surface area contributed by atoms with Gasteiger partial charge >= 0.3 is 0 Å². The van der Waals surface area contributed by atoms with Crippen LogP contribution in [0.5, 0.6) is 0 Å². The molecule has 1 aromatic rings. The first kappa shape index (κ1) is 22.7. The molecular formula is C25H33BrClN3O2. The smallest absolute Gasteiger partial charge is 0.242 e. The third-order valence-electron chi connectivity index (χ3n) is 8.26. The van der Waals surface area contributed by atoms with Gasteiger partial charge in [-0.2, -0.15) is 0 Å². The molecule has 7 heteroatoms. The van der Waals surface area contributed by atoms with Crippen LogP contribution in [0.3, 0.4) is 0 Å². The summed E-state index contributed by atoms with van der Waals surface area (Å²) in [4.78, 5) is 29.6. The van der Waals surface area contributed by atoms with Crippen LogP contribution in [-0.4, -0.2) is 54.3 Å². The van der Waals surface area contributed by atoms with E-state index in [1.54, 1.807) is 0 Å². The van der Waals surface area contributed by atoms with E-state index < -0.39 is 0 Å². The van der Waals surface area contributed by atoms with E-state index in [-0.39, 0.29) is 23.8 Å². The molecule has 1 aliphatic heterocycles. The average Bonchev–Trinajstić information content (AvgIpc) is 2.74. The van der Waals surface area contributed by atoms with Gasteiger partial charge in [0.2, 0.25) is 11.8 Å². The van der Waals surface area contributed by atoms with Gasteiger partial charge in [0.15, 0.2) is 0 Å². The highest BCUT2D eigenvalue weighted by Crippen LogP contribution is 2.61. The number of nitrogens with one attached hydrogen (secondary N) is 1. The number of hydrogen-bond acceptors (Lipinski definition) is 3. The molecule has 4 bridgehead atoms. The van der Waals surface area contributed by atoms with E-state index in [4.69, 9.17) is 11.6 Å². The number of amides is 2. The number of carbonyl (C=O) groups is 2. The van der Waals surface area contributed by atoms with Crippen molar-refractivity contribution in [3.63, 3.8) is 0 Å². The lowest BCUT2D eigenvalue weighted by atomic mass is 9.49. The maximum absolute atomic E-state index is 12.7. The number of piperazine rings is 1. The van der Waals surface area contributed by atoms with Crippen molar-refractivity contribution in [3.05, 3.63) is 33.3 Å². The molecule has 6 rings (SSSR count). The lowest BCUT2D eigenvalue weighted by Gasteiger charge is -2.56. The highest BCUT2D eigenvalue weighted by molar-refractivity contribution is 9.10. The predicted octanol–water partition coefficient (Wildman–Crippen LogP) is 4.47. The molecule has 5 fully saturated rings. The summed E-state index contributed by atoms with van der Waals surface area (Å²) in [6.07, 6.45) is 8.46. The molecule has 0 radical (unpaired) electrons. The standard InChI is InChI=1S/C25H33BrClN3O2/c26-22-2-1-21(27)10-20(22)16-29-3-5-30(6-4-29)24(32)15-28-23(31)14-25-11-17-7-18(12-25)9-19(8-17)13-25/h1-2,10,17-19H,3-9,11-16H2,(H,28,31). The van der Waals surface area contributed by atoms with Crippen LogP contribution in [-0.2, 0) is 16.1 Å².